The maximum absolute atomic E-state index is 5.28. The number of ether oxygens (including phenoxy) is 2. The molecule has 0 aromatic heterocycles. The van der Waals surface area contributed by atoms with E-state index in [0.29, 0.717) is 11.5 Å². The van der Waals surface area contributed by atoms with Gasteiger partial charge < -0.3 is 14.3 Å². The van der Waals surface area contributed by atoms with Crippen LogP contribution in [0.3, 0.4) is 0 Å². The molecule has 0 heterocycles. The molecule has 0 aliphatic heterocycles. The number of oxime groups is 1. The minimum absolute atomic E-state index is 0.692. The molecular formula is C13H18BrNO3. The number of hydrogen-bond donors (Lipinski definition) is 0. The van der Waals surface area contributed by atoms with E-state index in [0.717, 1.165) is 29.4 Å². The highest BCUT2D eigenvalue weighted by molar-refractivity contribution is 9.09. The molecule has 1 aromatic carbocycles. The van der Waals surface area contributed by atoms with Gasteiger partial charge in [0.2, 0.25) is 0 Å². The first-order valence-corrected chi connectivity index (χ1v) is 6.77. The molecule has 18 heavy (non-hydrogen) atoms. The van der Waals surface area contributed by atoms with E-state index in [4.69, 9.17) is 14.3 Å². The molecular weight excluding hydrogens is 298 g/mol. The lowest BCUT2D eigenvalue weighted by atomic mass is 10.1. The third-order valence-electron chi connectivity index (χ3n) is 2.47. The Bertz CT molecular complexity index is 407. The summed E-state index contributed by atoms with van der Waals surface area (Å²) >= 11 is 3.41. The van der Waals surface area contributed by atoms with E-state index in [1.54, 1.807) is 21.3 Å². The topological polar surface area (TPSA) is 40.0 Å². The lowest BCUT2D eigenvalue weighted by Crippen LogP contribution is -2.03. The number of methoxy groups -OCH3 is 2. The number of rotatable bonds is 7. The number of nitrogens with zero attached hydrogens (tertiary/aromatic N) is 1. The van der Waals surface area contributed by atoms with Crippen LogP contribution in [0.25, 0.3) is 0 Å². The smallest absolute Gasteiger partial charge is 0.161 e. The zero-order valence-electron chi connectivity index (χ0n) is 10.9. The molecule has 5 heteroatoms. The number of alkyl halides is 1. The molecule has 0 aliphatic rings. The summed E-state index contributed by atoms with van der Waals surface area (Å²) < 4.78 is 10.5. The third kappa shape index (κ3) is 3.91. The molecule has 0 radical (unpaired) electrons. The average Bonchev–Trinajstić information content (AvgIpc) is 2.42. The highest BCUT2D eigenvalue weighted by Gasteiger charge is 2.09. The van der Waals surface area contributed by atoms with Crippen LogP contribution in [0.4, 0.5) is 0 Å². The molecule has 0 N–H and O–H groups in total. The lowest BCUT2D eigenvalue weighted by molar-refractivity contribution is 0.213. The first-order chi connectivity index (χ1) is 8.76. The van der Waals surface area contributed by atoms with E-state index < -0.39 is 0 Å². The van der Waals surface area contributed by atoms with E-state index in [-0.39, 0.29) is 0 Å². The Morgan fingerprint density at radius 2 is 1.89 bits per heavy atom. The van der Waals surface area contributed by atoms with E-state index >= 15 is 0 Å². The fraction of sp³-hybridized carbons (Fsp3) is 0.462. The third-order valence-corrected chi connectivity index (χ3v) is 3.03. The van der Waals surface area contributed by atoms with Gasteiger partial charge in [0.25, 0.3) is 0 Å². The summed E-state index contributed by atoms with van der Waals surface area (Å²) in [5.74, 6) is 1.40. The van der Waals surface area contributed by atoms with Crippen LogP contribution >= 0.6 is 15.9 Å². The molecule has 0 bridgehead atoms. The van der Waals surface area contributed by atoms with Gasteiger partial charge in [-0.15, -0.1) is 0 Å². The average molecular weight is 316 g/mol. The van der Waals surface area contributed by atoms with E-state index in [1.165, 1.54) is 0 Å². The highest BCUT2D eigenvalue weighted by Crippen LogP contribution is 2.28. The predicted octanol–water partition coefficient (Wildman–Crippen LogP) is 3.23. The van der Waals surface area contributed by atoms with Gasteiger partial charge in [-0.2, -0.15) is 0 Å². The van der Waals surface area contributed by atoms with Crippen LogP contribution in [-0.2, 0) is 4.84 Å². The minimum atomic E-state index is 0.692. The van der Waals surface area contributed by atoms with Crippen LogP contribution in [0.1, 0.15) is 18.4 Å². The second-order valence-corrected chi connectivity index (χ2v) is 4.38. The maximum atomic E-state index is 5.28. The van der Waals surface area contributed by atoms with Crippen molar-refractivity contribution < 1.29 is 14.3 Å². The summed E-state index contributed by atoms with van der Waals surface area (Å²) in [6.07, 6.45) is 1.84. The van der Waals surface area contributed by atoms with E-state index in [1.807, 2.05) is 18.2 Å². The predicted molar refractivity (Wildman–Crippen MR) is 76.1 cm³/mol. The summed E-state index contributed by atoms with van der Waals surface area (Å²) in [6.45, 7) is 0. The number of benzene rings is 1. The summed E-state index contributed by atoms with van der Waals surface area (Å²) in [5.41, 5.74) is 1.88. The summed E-state index contributed by atoms with van der Waals surface area (Å²) in [4.78, 5) is 4.89. The molecule has 0 atom stereocenters. The van der Waals surface area contributed by atoms with Crippen molar-refractivity contribution in [2.24, 2.45) is 5.16 Å². The van der Waals surface area contributed by atoms with Gasteiger partial charge in [-0.3, -0.25) is 0 Å². The SMILES string of the molecule is CON=C(CCCBr)c1ccc(OC)c(OC)c1. The molecule has 0 fully saturated rings. The Labute approximate surface area is 116 Å². The van der Waals surface area contributed by atoms with Crippen LogP contribution in [0.15, 0.2) is 23.4 Å². The summed E-state index contributed by atoms with van der Waals surface area (Å²) in [6, 6.07) is 5.73. The Morgan fingerprint density at radius 1 is 1.17 bits per heavy atom. The fourth-order valence-electron chi connectivity index (χ4n) is 1.60. The maximum Gasteiger partial charge on any atom is 0.161 e. The molecule has 0 saturated heterocycles. The molecule has 1 aromatic rings. The van der Waals surface area contributed by atoms with Crippen molar-refractivity contribution in [3.63, 3.8) is 0 Å². The monoisotopic (exact) mass is 315 g/mol. The van der Waals surface area contributed by atoms with Crippen LogP contribution in [0.5, 0.6) is 11.5 Å². The van der Waals surface area contributed by atoms with Crippen molar-refractivity contribution in [1.29, 1.82) is 0 Å². The second-order valence-electron chi connectivity index (χ2n) is 3.58. The molecule has 0 spiro atoms. The molecule has 0 saturated carbocycles. The molecule has 1 rings (SSSR count). The standard InChI is InChI=1S/C13H18BrNO3/c1-16-12-7-6-10(9-13(12)17-2)11(15-18-3)5-4-8-14/h6-7,9H,4-5,8H2,1-3H3. The number of halogens is 1. The van der Waals surface area contributed by atoms with E-state index in [9.17, 15) is 0 Å². The quantitative estimate of drug-likeness (QED) is 0.440. The largest absolute Gasteiger partial charge is 0.493 e. The first kappa shape index (κ1) is 14.8. The van der Waals surface area contributed by atoms with Crippen LogP contribution in [0.2, 0.25) is 0 Å². The first-order valence-electron chi connectivity index (χ1n) is 5.65. The Balaban J connectivity index is 3.01. The Morgan fingerprint density at radius 3 is 2.44 bits per heavy atom. The molecule has 0 aliphatic carbocycles. The number of hydrogen-bond acceptors (Lipinski definition) is 4. The molecule has 0 unspecified atom stereocenters. The van der Waals surface area contributed by atoms with Crippen molar-refractivity contribution in [3.05, 3.63) is 23.8 Å². The van der Waals surface area contributed by atoms with Gasteiger partial charge in [0.05, 0.1) is 19.9 Å². The van der Waals surface area contributed by atoms with Gasteiger partial charge in [0.1, 0.15) is 7.11 Å². The second kappa shape index (κ2) is 7.97. The van der Waals surface area contributed by atoms with Crippen LogP contribution in [-0.4, -0.2) is 32.4 Å². The lowest BCUT2D eigenvalue weighted by Gasteiger charge is -2.10. The zero-order chi connectivity index (χ0) is 13.4. The van der Waals surface area contributed by atoms with Crippen molar-refractivity contribution >= 4 is 21.6 Å². The van der Waals surface area contributed by atoms with Gasteiger partial charge >= 0.3 is 0 Å². The van der Waals surface area contributed by atoms with E-state index in [2.05, 4.69) is 21.1 Å². The molecule has 100 valence electrons. The van der Waals surface area contributed by atoms with Crippen molar-refractivity contribution in [1.82, 2.24) is 0 Å². The fourth-order valence-corrected chi connectivity index (χ4v) is 1.88. The highest BCUT2D eigenvalue weighted by atomic mass is 79.9. The Hall–Kier alpha value is -1.23. The van der Waals surface area contributed by atoms with Gasteiger partial charge in [-0.1, -0.05) is 21.1 Å². The molecule has 4 nitrogen and oxygen atoms in total. The van der Waals surface area contributed by atoms with Crippen molar-refractivity contribution in [3.8, 4) is 11.5 Å². The molecule has 0 amide bonds. The summed E-state index contributed by atoms with van der Waals surface area (Å²) in [5, 5.41) is 5.00. The van der Waals surface area contributed by atoms with Crippen LogP contribution in [0, 0.1) is 0 Å². The minimum Gasteiger partial charge on any atom is -0.493 e. The normalized spacial score (nSPS) is 11.2. The van der Waals surface area contributed by atoms with Crippen LogP contribution < -0.4 is 9.47 Å². The van der Waals surface area contributed by atoms with Gasteiger partial charge in [0, 0.05) is 10.9 Å². The van der Waals surface area contributed by atoms with Gasteiger partial charge in [0.15, 0.2) is 11.5 Å². The van der Waals surface area contributed by atoms with Gasteiger partial charge in [-0.05, 0) is 31.0 Å². The van der Waals surface area contributed by atoms with Crippen molar-refractivity contribution in [2.45, 2.75) is 12.8 Å². The zero-order valence-corrected chi connectivity index (χ0v) is 12.5. The Kier molecular flexibility index (Phi) is 6.57. The van der Waals surface area contributed by atoms with Gasteiger partial charge in [-0.25, -0.2) is 0 Å². The summed E-state index contributed by atoms with van der Waals surface area (Å²) in [7, 11) is 4.79. The van der Waals surface area contributed by atoms with Crippen molar-refractivity contribution in [2.75, 3.05) is 26.7 Å².